The molecule has 0 bridgehead atoms. The fraction of sp³-hybridized carbons (Fsp3) is 0.391. The first-order valence-corrected chi connectivity index (χ1v) is 10.3. The highest BCUT2D eigenvalue weighted by Gasteiger charge is 2.42. The summed E-state index contributed by atoms with van der Waals surface area (Å²) in [4.78, 5) is 26.5. The van der Waals surface area contributed by atoms with Crippen LogP contribution in [0.25, 0.3) is 0 Å². The molecule has 1 aliphatic carbocycles. The van der Waals surface area contributed by atoms with Crippen LogP contribution in [0.15, 0.2) is 42.5 Å². The van der Waals surface area contributed by atoms with Crippen molar-refractivity contribution < 1.29 is 40.7 Å². The van der Waals surface area contributed by atoms with Gasteiger partial charge >= 0.3 is 12.4 Å². The second-order valence-corrected chi connectivity index (χ2v) is 8.29. The molecular formula is C23H19F6NO3. The van der Waals surface area contributed by atoms with Crippen LogP contribution < -0.4 is 0 Å². The first-order valence-electron chi connectivity index (χ1n) is 10.3. The van der Waals surface area contributed by atoms with Gasteiger partial charge < -0.3 is 4.74 Å². The third kappa shape index (κ3) is 4.75. The summed E-state index contributed by atoms with van der Waals surface area (Å²) in [5.41, 5.74) is -2.29. The Morgan fingerprint density at radius 3 is 1.91 bits per heavy atom. The molecule has 0 spiro atoms. The summed E-state index contributed by atoms with van der Waals surface area (Å²) in [6, 6.07) is 7.58. The molecular weight excluding hydrogens is 452 g/mol. The van der Waals surface area contributed by atoms with Gasteiger partial charge in [-0.2, -0.15) is 26.3 Å². The third-order valence-corrected chi connectivity index (χ3v) is 5.97. The lowest BCUT2D eigenvalue weighted by molar-refractivity contribution is -0.143. The van der Waals surface area contributed by atoms with Crippen molar-refractivity contribution in [3.8, 4) is 0 Å². The van der Waals surface area contributed by atoms with Crippen molar-refractivity contribution in [3.05, 3.63) is 70.3 Å². The number of hydrogen-bond acceptors (Lipinski definition) is 3. The van der Waals surface area contributed by atoms with Gasteiger partial charge in [0.15, 0.2) is 0 Å². The zero-order chi connectivity index (χ0) is 24.0. The Bertz CT molecular complexity index is 1010. The minimum atomic E-state index is -4.92. The monoisotopic (exact) mass is 471 g/mol. The summed E-state index contributed by atoms with van der Waals surface area (Å²) in [6.07, 6.45) is -8.19. The molecule has 2 aromatic rings. The molecule has 0 N–H and O–H groups in total. The lowest BCUT2D eigenvalue weighted by Gasteiger charge is -2.22. The third-order valence-electron chi connectivity index (χ3n) is 5.97. The number of carbonyl (C=O) groups is 2. The van der Waals surface area contributed by atoms with Crippen molar-refractivity contribution in [3.63, 3.8) is 0 Å². The number of ether oxygens (including phenoxy) is 1. The molecule has 2 amide bonds. The highest BCUT2D eigenvalue weighted by Crippen LogP contribution is 2.37. The highest BCUT2D eigenvalue weighted by molar-refractivity contribution is 6.21. The number of halogens is 6. The number of nitrogens with zero attached hydrogens (tertiary/aromatic N) is 1. The van der Waals surface area contributed by atoms with Crippen molar-refractivity contribution in [1.29, 1.82) is 0 Å². The van der Waals surface area contributed by atoms with Crippen LogP contribution in [0.5, 0.6) is 0 Å². The highest BCUT2D eigenvalue weighted by atomic mass is 19.4. The summed E-state index contributed by atoms with van der Waals surface area (Å²) in [7, 11) is 0. The van der Waals surface area contributed by atoms with Gasteiger partial charge in [-0.3, -0.25) is 14.5 Å². The minimum absolute atomic E-state index is 0.0765. The van der Waals surface area contributed by atoms with Crippen molar-refractivity contribution in [1.82, 2.24) is 4.90 Å². The molecule has 0 radical (unpaired) electrons. The van der Waals surface area contributed by atoms with Gasteiger partial charge in [-0.15, -0.1) is 0 Å². The Hall–Kier alpha value is -2.88. The Morgan fingerprint density at radius 1 is 0.848 bits per heavy atom. The van der Waals surface area contributed by atoms with E-state index in [1.165, 1.54) is 4.90 Å². The number of amides is 2. The smallest absolute Gasteiger partial charge is 0.376 e. The molecule has 0 aromatic heterocycles. The van der Waals surface area contributed by atoms with Crippen molar-refractivity contribution in [2.75, 3.05) is 6.61 Å². The average Bonchev–Trinajstić information content (AvgIpc) is 3.29. The first-order chi connectivity index (χ1) is 15.4. The number of hydrogen-bond donors (Lipinski definition) is 0. The molecule has 4 rings (SSSR count). The first kappa shape index (κ1) is 23.3. The lowest BCUT2D eigenvalue weighted by atomic mass is 10.0. The number of carbonyl (C=O) groups excluding carboxylic acids is 2. The van der Waals surface area contributed by atoms with E-state index >= 15 is 0 Å². The van der Waals surface area contributed by atoms with E-state index in [1.807, 2.05) is 0 Å². The second-order valence-electron chi connectivity index (χ2n) is 8.29. The Balaban J connectivity index is 1.37. The van der Waals surface area contributed by atoms with Gasteiger partial charge in [0.05, 0.1) is 28.9 Å². The largest absolute Gasteiger partial charge is 0.416 e. The van der Waals surface area contributed by atoms with Gasteiger partial charge in [0.2, 0.25) is 0 Å². The maximum atomic E-state index is 13.0. The topological polar surface area (TPSA) is 46.6 Å². The van der Waals surface area contributed by atoms with Crippen LogP contribution in [0.2, 0.25) is 0 Å². The van der Waals surface area contributed by atoms with Gasteiger partial charge in [0.1, 0.15) is 0 Å². The fourth-order valence-corrected chi connectivity index (χ4v) is 4.42. The molecule has 1 saturated carbocycles. The normalized spacial score (nSPS) is 21.1. The summed E-state index contributed by atoms with van der Waals surface area (Å²) < 4.78 is 83.4. The number of fused-ring (bicyclic) bond motifs is 1. The van der Waals surface area contributed by atoms with E-state index in [9.17, 15) is 35.9 Å². The molecule has 176 valence electrons. The minimum Gasteiger partial charge on any atom is -0.376 e. The quantitative estimate of drug-likeness (QED) is 0.415. The molecule has 2 aliphatic rings. The SMILES string of the molecule is O=C1c2ccccc2C(=O)N1[C@H]1CC[C@@H](COCc2cc(C(F)(F)F)cc(C(F)(F)F)c2)C1. The van der Waals surface area contributed by atoms with E-state index in [1.54, 1.807) is 24.3 Å². The van der Waals surface area contributed by atoms with Crippen LogP contribution in [-0.4, -0.2) is 29.4 Å². The van der Waals surface area contributed by atoms with E-state index in [-0.39, 0.29) is 42.0 Å². The van der Waals surface area contributed by atoms with Crippen molar-refractivity contribution in [2.45, 2.75) is 44.3 Å². The van der Waals surface area contributed by atoms with Gasteiger partial charge in [-0.25, -0.2) is 0 Å². The number of alkyl halides is 6. The maximum Gasteiger partial charge on any atom is 0.416 e. The predicted molar refractivity (Wildman–Crippen MR) is 104 cm³/mol. The molecule has 2 atom stereocenters. The van der Waals surface area contributed by atoms with E-state index in [2.05, 4.69) is 0 Å². The van der Waals surface area contributed by atoms with Gasteiger partial charge in [0.25, 0.3) is 11.8 Å². The number of imide groups is 1. The van der Waals surface area contributed by atoms with E-state index in [4.69, 9.17) is 4.74 Å². The summed E-state index contributed by atoms with van der Waals surface area (Å²) in [6.45, 7) is -0.321. The fourth-order valence-electron chi connectivity index (χ4n) is 4.42. The standard InChI is InChI=1S/C23H19F6NO3/c24-22(25,26)15-7-14(8-16(10-15)23(27,28)29)12-33-11-13-5-6-17(9-13)30-20(31)18-3-1-2-4-19(18)21(30)32/h1-4,7-8,10,13,17H,5-6,9,11-12H2/t13-,17+/m1/s1. The van der Waals surface area contributed by atoms with Crippen LogP contribution in [0.4, 0.5) is 26.3 Å². The molecule has 1 fully saturated rings. The lowest BCUT2D eigenvalue weighted by Crippen LogP contribution is -2.38. The molecule has 0 saturated heterocycles. The van der Waals surface area contributed by atoms with Crippen molar-refractivity contribution in [2.24, 2.45) is 5.92 Å². The van der Waals surface area contributed by atoms with Gasteiger partial charge in [0, 0.05) is 12.6 Å². The zero-order valence-corrected chi connectivity index (χ0v) is 17.2. The van der Waals surface area contributed by atoms with Gasteiger partial charge in [-0.1, -0.05) is 12.1 Å². The molecule has 10 heteroatoms. The van der Waals surface area contributed by atoms with Crippen LogP contribution in [-0.2, 0) is 23.7 Å². The van der Waals surface area contributed by atoms with E-state index < -0.39 is 30.1 Å². The number of benzene rings is 2. The van der Waals surface area contributed by atoms with Crippen molar-refractivity contribution >= 4 is 11.8 Å². The molecule has 1 aliphatic heterocycles. The predicted octanol–water partition coefficient (Wildman–Crippen LogP) is 5.71. The van der Waals surface area contributed by atoms with Crippen LogP contribution in [0.3, 0.4) is 0 Å². The summed E-state index contributed by atoms with van der Waals surface area (Å²) in [5, 5.41) is 0. The van der Waals surface area contributed by atoms with E-state index in [0.717, 1.165) is 0 Å². The molecule has 33 heavy (non-hydrogen) atoms. The Kier molecular flexibility index (Phi) is 5.98. The van der Waals surface area contributed by atoms with Crippen LogP contribution >= 0.6 is 0 Å². The molecule has 0 unspecified atom stereocenters. The molecule has 2 aromatic carbocycles. The number of rotatable bonds is 5. The summed E-state index contributed by atoms with van der Waals surface area (Å²) in [5.74, 6) is -0.788. The maximum absolute atomic E-state index is 13.0. The van der Waals surface area contributed by atoms with Gasteiger partial charge in [-0.05, 0) is 61.1 Å². The molecule has 1 heterocycles. The Labute approximate surface area is 185 Å². The Morgan fingerprint density at radius 2 is 1.39 bits per heavy atom. The van der Waals surface area contributed by atoms with Crippen LogP contribution in [0.1, 0.15) is 56.7 Å². The second kappa shape index (κ2) is 8.48. The molecule has 4 nitrogen and oxygen atoms in total. The van der Waals surface area contributed by atoms with Crippen LogP contribution in [0, 0.1) is 5.92 Å². The summed E-state index contributed by atoms with van der Waals surface area (Å²) >= 11 is 0. The zero-order valence-electron chi connectivity index (χ0n) is 17.2. The average molecular weight is 471 g/mol. The van der Waals surface area contributed by atoms with E-state index in [0.29, 0.717) is 42.5 Å².